The number of piperidine rings is 1. The number of benzene rings is 2. The molecule has 1 fully saturated rings. The summed E-state index contributed by atoms with van der Waals surface area (Å²) in [6.07, 6.45) is 4.73. The molecule has 2 nitrogen and oxygen atoms in total. The number of nitrogens with one attached hydrogen (secondary N) is 1. The van der Waals surface area contributed by atoms with Crippen LogP contribution in [0.3, 0.4) is 0 Å². The summed E-state index contributed by atoms with van der Waals surface area (Å²) in [6, 6.07) is 16.9. The molecule has 3 rings (SSSR count). The average molecular weight is 352 g/mol. The van der Waals surface area contributed by atoms with E-state index in [0.717, 1.165) is 30.3 Å². The van der Waals surface area contributed by atoms with Crippen molar-refractivity contribution in [1.82, 2.24) is 5.32 Å². The molecule has 4 heteroatoms. The van der Waals surface area contributed by atoms with Gasteiger partial charge in [-0.3, -0.25) is 0 Å². The monoisotopic (exact) mass is 351 g/mol. The zero-order chi connectivity index (χ0) is 15.2. The van der Waals surface area contributed by atoms with Gasteiger partial charge in [-0.2, -0.15) is 0 Å². The van der Waals surface area contributed by atoms with Gasteiger partial charge < -0.3 is 10.1 Å². The molecule has 1 N–H and O–H groups in total. The Morgan fingerprint density at radius 2 is 1.61 bits per heavy atom. The molecule has 124 valence electrons. The fraction of sp³-hybridized carbons (Fsp3) is 0.368. The van der Waals surface area contributed by atoms with Crippen molar-refractivity contribution < 1.29 is 4.74 Å². The quantitative estimate of drug-likeness (QED) is 0.829. The number of hydrogen-bond acceptors (Lipinski definition) is 2. The van der Waals surface area contributed by atoms with E-state index in [1.54, 1.807) is 0 Å². The Bertz CT molecular complexity index is 577. The number of halogens is 2. The molecule has 2 aromatic carbocycles. The van der Waals surface area contributed by atoms with Gasteiger partial charge in [0, 0.05) is 11.1 Å². The molecular formula is C19H23Cl2NO. The summed E-state index contributed by atoms with van der Waals surface area (Å²) in [7, 11) is 0. The van der Waals surface area contributed by atoms with Crippen LogP contribution < -0.4 is 10.1 Å². The molecular weight excluding hydrogens is 329 g/mol. The van der Waals surface area contributed by atoms with Gasteiger partial charge in [0.05, 0.1) is 0 Å². The lowest BCUT2D eigenvalue weighted by Crippen LogP contribution is -2.38. The van der Waals surface area contributed by atoms with Crippen LogP contribution in [0, 0.1) is 0 Å². The highest BCUT2D eigenvalue weighted by Crippen LogP contribution is 2.18. The van der Waals surface area contributed by atoms with E-state index in [4.69, 9.17) is 16.3 Å². The van der Waals surface area contributed by atoms with Crippen molar-refractivity contribution in [2.24, 2.45) is 0 Å². The first-order chi connectivity index (χ1) is 10.8. The van der Waals surface area contributed by atoms with Crippen molar-refractivity contribution in [1.29, 1.82) is 0 Å². The second-order valence-corrected chi connectivity index (χ2v) is 6.34. The second-order valence-electron chi connectivity index (χ2n) is 5.91. The van der Waals surface area contributed by atoms with E-state index in [0.29, 0.717) is 6.04 Å². The van der Waals surface area contributed by atoms with Crippen LogP contribution in [0.2, 0.25) is 5.02 Å². The minimum absolute atomic E-state index is 0. The van der Waals surface area contributed by atoms with Crippen LogP contribution >= 0.6 is 24.0 Å². The summed E-state index contributed by atoms with van der Waals surface area (Å²) in [6.45, 7) is 1.88. The minimum atomic E-state index is 0. The highest BCUT2D eigenvalue weighted by Gasteiger charge is 2.12. The molecule has 1 atom stereocenters. The van der Waals surface area contributed by atoms with Crippen molar-refractivity contribution >= 4 is 24.0 Å². The maximum atomic E-state index is 5.91. The highest BCUT2D eigenvalue weighted by atomic mass is 35.5. The number of rotatable bonds is 5. The van der Waals surface area contributed by atoms with Gasteiger partial charge in [-0.05, 0) is 61.2 Å². The van der Waals surface area contributed by atoms with E-state index in [1.165, 1.54) is 30.4 Å². The molecule has 0 amide bonds. The van der Waals surface area contributed by atoms with Gasteiger partial charge >= 0.3 is 0 Å². The lowest BCUT2D eigenvalue weighted by Gasteiger charge is -2.23. The van der Waals surface area contributed by atoms with Crippen LogP contribution in [0.4, 0.5) is 0 Å². The first kappa shape index (κ1) is 18.1. The molecule has 1 heterocycles. The van der Waals surface area contributed by atoms with Crippen LogP contribution in [-0.2, 0) is 6.42 Å². The molecule has 2 aromatic rings. The van der Waals surface area contributed by atoms with Gasteiger partial charge in [0.25, 0.3) is 0 Å². The van der Waals surface area contributed by atoms with Gasteiger partial charge in [-0.25, -0.2) is 0 Å². The predicted molar refractivity (Wildman–Crippen MR) is 99.1 cm³/mol. The average Bonchev–Trinajstić information content (AvgIpc) is 2.57. The topological polar surface area (TPSA) is 21.3 Å². The van der Waals surface area contributed by atoms with Crippen molar-refractivity contribution in [2.45, 2.75) is 31.7 Å². The van der Waals surface area contributed by atoms with Crippen molar-refractivity contribution in [2.75, 3.05) is 13.2 Å². The zero-order valence-corrected chi connectivity index (χ0v) is 14.7. The summed E-state index contributed by atoms with van der Waals surface area (Å²) < 4.78 is 5.89. The van der Waals surface area contributed by atoms with Gasteiger partial charge in [0.1, 0.15) is 12.4 Å². The van der Waals surface area contributed by atoms with Crippen molar-refractivity contribution in [3.05, 3.63) is 64.7 Å². The summed E-state index contributed by atoms with van der Waals surface area (Å²) in [5, 5.41) is 4.28. The van der Waals surface area contributed by atoms with Crippen LogP contribution in [0.5, 0.6) is 5.75 Å². The lowest BCUT2D eigenvalue weighted by molar-refractivity contribution is 0.239. The van der Waals surface area contributed by atoms with E-state index < -0.39 is 0 Å². The van der Waals surface area contributed by atoms with Crippen LogP contribution in [0.15, 0.2) is 48.5 Å². The molecule has 0 aromatic heterocycles. The molecule has 23 heavy (non-hydrogen) atoms. The third-order valence-corrected chi connectivity index (χ3v) is 4.36. The maximum Gasteiger partial charge on any atom is 0.119 e. The van der Waals surface area contributed by atoms with Crippen LogP contribution in [0.25, 0.3) is 0 Å². The maximum absolute atomic E-state index is 5.91. The Kier molecular flexibility index (Phi) is 7.22. The summed E-state index contributed by atoms with van der Waals surface area (Å²) in [5.74, 6) is 0.951. The molecule has 0 saturated carbocycles. The van der Waals surface area contributed by atoms with E-state index in [9.17, 15) is 0 Å². The Morgan fingerprint density at radius 1 is 0.957 bits per heavy atom. The highest BCUT2D eigenvalue weighted by molar-refractivity contribution is 6.30. The van der Waals surface area contributed by atoms with Gasteiger partial charge in [0.15, 0.2) is 0 Å². The first-order valence-electron chi connectivity index (χ1n) is 7.99. The van der Waals surface area contributed by atoms with Crippen LogP contribution in [0.1, 0.15) is 30.4 Å². The zero-order valence-electron chi connectivity index (χ0n) is 13.1. The molecule has 0 spiro atoms. The van der Waals surface area contributed by atoms with Gasteiger partial charge in [0.2, 0.25) is 0 Å². The predicted octanol–water partition coefficient (Wildman–Crippen LogP) is 4.87. The summed E-state index contributed by atoms with van der Waals surface area (Å²) in [5.41, 5.74) is 2.55. The van der Waals surface area contributed by atoms with E-state index >= 15 is 0 Å². The normalized spacial score (nSPS) is 17.3. The molecule has 1 saturated heterocycles. The SMILES string of the molecule is Cl.Clc1ccc(Cc2ccc(OCC3CCCCN3)cc2)cc1. The summed E-state index contributed by atoms with van der Waals surface area (Å²) in [4.78, 5) is 0. The minimum Gasteiger partial charge on any atom is -0.492 e. The van der Waals surface area contributed by atoms with Crippen LogP contribution in [-0.4, -0.2) is 19.2 Å². The van der Waals surface area contributed by atoms with E-state index in [1.807, 2.05) is 12.1 Å². The summed E-state index contributed by atoms with van der Waals surface area (Å²) >= 11 is 5.91. The third-order valence-electron chi connectivity index (χ3n) is 4.11. The van der Waals surface area contributed by atoms with E-state index in [-0.39, 0.29) is 12.4 Å². The Hall–Kier alpha value is -1.22. The molecule has 0 bridgehead atoms. The molecule has 1 unspecified atom stereocenters. The van der Waals surface area contributed by atoms with Gasteiger partial charge in [-0.15, -0.1) is 12.4 Å². The molecule has 0 radical (unpaired) electrons. The van der Waals surface area contributed by atoms with Crippen molar-refractivity contribution in [3.8, 4) is 5.75 Å². The number of hydrogen-bond donors (Lipinski definition) is 1. The van der Waals surface area contributed by atoms with Gasteiger partial charge in [-0.1, -0.05) is 42.3 Å². The van der Waals surface area contributed by atoms with E-state index in [2.05, 4.69) is 41.7 Å². The first-order valence-corrected chi connectivity index (χ1v) is 8.37. The fourth-order valence-electron chi connectivity index (χ4n) is 2.80. The molecule has 0 aliphatic carbocycles. The molecule has 1 aliphatic rings. The third kappa shape index (κ3) is 5.72. The Balaban J connectivity index is 0.00000192. The standard InChI is InChI=1S/C19H22ClNO.ClH/c20-17-8-4-15(5-9-17)13-16-6-10-19(11-7-16)22-14-18-3-1-2-12-21-18;/h4-11,18,21H,1-3,12-14H2;1H. The smallest absolute Gasteiger partial charge is 0.119 e. The number of ether oxygens (including phenoxy) is 1. The molecule has 1 aliphatic heterocycles. The Labute approximate surface area is 149 Å². The second kappa shape index (κ2) is 9.17. The van der Waals surface area contributed by atoms with Crippen molar-refractivity contribution in [3.63, 3.8) is 0 Å². The lowest BCUT2D eigenvalue weighted by atomic mass is 10.0. The Morgan fingerprint density at radius 3 is 2.22 bits per heavy atom. The largest absolute Gasteiger partial charge is 0.492 e. The fourth-order valence-corrected chi connectivity index (χ4v) is 2.93.